The lowest BCUT2D eigenvalue weighted by Gasteiger charge is -2.06. The van der Waals surface area contributed by atoms with Gasteiger partial charge in [0.15, 0.2) is 0 Å². The number of hydrogen-bond acceptors (Lipinski definition) is 2. The van der Waals surface area contributed by atoms with Gasteiger partial charge in [-0.1, -0.05) is 0 Å². The fraction of sp³-hybridized carbons (Fsp3) is 0.429. The molecule has 20 heavy (non-hydrogen) atoms. The van der Waals surface area contributed by atoms with Crippen molar-refractivity contribution in [2.45, 2.75) is 12.8 Å². The number of carbonyl (C=O) groups excluding carboxylic acids is 2. The van der Waals surface area contributed by atoms with Crippen LogP contribution in [-0.4, -0.2) is 36.7 Å². The number of amides is 2. The average Bonchev–Trinajstić information content (AvgIpc) is 2.47. The standard InChI is InChI=1S/C14H18Cl2N2O2/c15-7-1-9-17-13(19)11-3-5-12(6-4-11)14(20)18-10-2-8-16/h3-6H,1-2,7-10H2,(H,17,19)(H,18,20). The molecule has 0 fully saturated rings. The lowest BCUT2D eigenvalue weighted by Crippen LogP contribution is -2.26. The molecule has 0 saturated heterocycles. The molecule has 4 nitrogen and oxygen atoms in total. The molecule has 0 radical (unpaired) electrons. The van der Waals surface area contributed by atoms with Gasteiger partial charge in [0.2, 0.25) is 0 Å². The van der Waals surface area contributed by atoms with Crippen LogP contribution in [-0.2, 0) is 0 Å². The molecule has 2 amide bonds. The van der Waals surface area contributed by atoms with E-state index in [4.69, 9.17) is 23.2 Å². The highest BCUT2D eigenvalue weighted by atomic mass is 35.5. The Bertz CT molecular complexity index is 394. The Morgan fingerprint density at radius 1 is 0.800 bits per heavy atom. The number of hydrogen-bond donors (Lipinski definition) is 2. The predicted molar refractivity (Wildman–Crippen MR) is 81.8 cm³/mol. The minimum absolute atomic E-state index is 0.163. The molecule has 0 saturated carbocycles. The van der Waals surface area contributed by atoms with Crippen LogP contribution in [0.1, 0.15) is 33.6 Å². The van der Waals surface area contributed by atoms with Crippen molar-refractivity contribution in [3.63, 3.8) is 0 Å². The van der Waals surface area contributed by atoms with Crippen LogP contribution in [0.15, 0.2) is 24.3 Å². The van der Waals surface area contributed by atoms with Crippen LogP contribution in [0, 0.1) is 0 Å². The number of halogens is 2. The average molecular weight is 317 g/mol. The third-order valence-corrected chi connectivity index (χ3v) is 3.14. The Morgan fingerprint density at radius 2 is 1.15 bits per heavy atom. The number of alkyl halides is 2. The molecule has 0 aliphatic heterocycles. The molecule has 0 aliphatic rings. The van der Waals surface area contributed by atoms with Crippen LogP contribution < -0.4 is 10.6 Å². The third kappa shape index (κ3) is 5.80. The summed E-state index contributed by atoms with van der Waals surface area (Å²) in [6, 6.07) is 6.53. The van der Waals surface area contributed by atoms with Gasteiger partial charge in [0.05, 0.1) is 0 Å². The van der Waals surface area contributed by atoms with E-state index in [-0.39, 0.29) is 11.8 Å². The van der Waals surface area contributed by atoms with E-state index in [9.17, 15) is 9.59 Å². The summed E-state index contributed by atoms with van der Waals surface area (Å²) in [5, 5.41) is 5.50. The number of rotatable bonds is 8. The second-order valence-corrected chi connectivity index (χ2v) is 4.93. The minimum Gasteiger partial charge on any atom is -0.352 e. The molecule has 0 spiro atoms. The van der Waals surface area contributed by atoms with E-state index >= 15 is 0 Å². The molecule has 0 aliphatic carbocycles. The minimum atomic E-state index is -0.163. The van der Waals surface area contributed by atoms with Gasteiger partial charge in [-0.05, 0) is 37.1 Å². The van der Waals surface area contributed by atoms with E-state index in [1.54, 1.807) is 24.3 Å². The maximum absolute atomic E-state index is 11.7. The van der Waals surface area contributed by atoms with Gasteiger partial charge in [-0.3, -0.25) is 9.59 Å². The molecule has 0 bridgehead atoms. The second-order valence-electron chi connectivity index (χ2n) is 4.17. The Balaban J connectivity index is 2.50. The summed E-state index contributed by atoms with van der Waals surface area (Å²) in [6.07, 6.45) is 1.46. The van der Waals surface area contributed by atoms with Crippen molar-refractivity contribution in [3.05, 3.63) is 35.4 Å². The van der Waals surface area contributed by atoms with Gasteiger partial charge in [-0.2, -0.15) is 0 Å². The summed E-state index contributed by atoms with van der Waals surface area (Å²) in [5.41, 5.74) is 1.05. The quantitative estimate of drug-likeness (QED) is 0.571. The topological polar surface area (TPSA) is 58.2 Å². The summed E-state index contributed by atoms with van der Waals surface area (Å²) >= 11 is 11.1. The fourth-order valence-corrected chi connectivity index (χ4v) is 1.78. The summed E-state index contributed by atoms with van der Waals surface area (Å²) < 4.78 is 0. The van der Waals surface area contributed by atoms with Gasteiger partial charge in [-0.25, -0.2) is 0 Å². The Labute approximate surface area is 128 Å². The largest absolute Gasteiger partial charge is 0.352 e. The Kier molecular flexibility index (Phi) is 8.07. The van der Waals surface area contributed by atoms with Crippen molar-refractivity contribution in [2.75, 3.05) is 24.8 Å². The van der Waals surface area contributed by atoms with E-state index in [1.807, 2.05) is 0 Å². The molecule has 0 aromatic heterocycles. The maximum atomic E-state index is 11.7. The molecular weight excluding hydrogens is 299 g/mol. The molecule has 1 aromatic rings. The summed E-state index contributed by atoms with van der Waals surface area (Å²) in [5.74, 6) is 0.706. The van der Waals surface area contributed by atoms with E-state index in [0.29, 0.717) is 36.0 Å². The zero-order chi connectivity index (χ0) is 14.8. The molecule has 0 heterocycles. The van der Waals surface area contributed by atoms with Crippen LogP contribution in [0.5, 0.6) is 0 Å². The molecule has 110 valence electrons. The van der Waals surface area contributed by atoms with Gasteiger partial charge >= 0.3 is 0 Å². The van der Waals surface area contributed by atoms with Gasteiger partial charge in [-0.15, -0.1) is 23.2 Å². The van der Waals surface area contributed by atoms with Crippen molar-refractivity contribution in [3.8, 4) is 0 Å². The van der Waals surface area contributed by atoms with Crippen LogP contribution in [0.25, 0.3) is 0 Å². The molecular formula is C14H18Cl2N2O2. The van der Waals surface area contributed by atoms with Crippen molar-refractivity contribution >= 4 is 35.0 Å². The smallest absolute Gasteiger partial charge is 0.251 e. The highest BCUT2D eigenvalue weighted by Gasteiger charge is 2.08. The van der Waals surface area contributed by atoms with Crippen LogP contribution >= 0.6 is 23.2 Å². The van der Waals surface area contributed by atoms with E-state index in [2.05, 4.69) is 10.6 Å². The molecule has 1 rings (SSSR count). The molecule has 0 atom stereocenters. The van der Waals surface area contributed by atoms with Gasteiger partial charge in [0.1, 0.15) is 0 Å². The van der Waals surface area contributed by atoms with E-state index < -0.39 is 0 Å². The SMILES string of the molecule is O=C(NCCCCl)c1ccc(C(=O)NCCCCl)cc1. The first-order valence-electron chi connectivity index (χ1n) is 6.47. The monoisotopic (exact) mass is 316 g/mol. The lowest BCUT2D eigenvalue weighted by molar-refractivity contribution is 0.0942. The van der Waals surface area contributed by atoms with Crippen molar-refractivity contribution in [1.29, 1.82) is 0 Å². The second kappa shape index (κ2) is 9.61. The zero-order valence-electron chi connectivity index (χ0n) is 11.1. The third-order valence-electron chi connectivity index (χ3n) is 2.60. The van der Waals surface area contributed by atoms with Gasteiger partial charge < -0.3 is 10.6 Å². The number of benzene rings is 1. The van der Waals surface area contributed by atoms with Crippen molar-refractivity contribution in [2.24, 2.45) is 0 Å². The Hall–Kier alpha value is -1.26. The van der Waals surface area contributed by atoms with Crippen LogP contribution in [0.4, 0.5) is 0 Å². The van der Waals surface area contributed by atoms with Crippen LogP contribution in [0.3, 0.4) is 0 Å². The number of nitrogens with one attached hydrogen (secondary N) is 2. The summed E-state index contributed by atoms with van der Waals surface area (Å²) in [6.45, 7) is 1.09. The lowest BCUT2D eigenvalue weighted by atomic mass is 10.1. The maximum Gasteiger partial charge on any atom is 0.251 e. The summed E-state index contributed by atoms with van der Waals surface area (Å²) in [4.78, 5) is 23.5. The first-order chi connectivity index (χ1) is 9.69. The van der Waals surface area contributed by atoms with Crippen molar-refractivity contribution < 1.29 is 9.59 Å². The van der Waals surface area contributed by atoms with Crippen LogP contribution in [0.2, 0.25) is 0 Å². The van der Waals surface area contributed by atoms with Gasteiger partial charge in [0, 0.05) is 36.0 Å². The van der Waals surface area contributed by atoms with Gasteiger partial charge in [0.25, 0.3) is 11.8 Å². The molecule has 1 aromatic carbocycles. The Morgan fingerprint density at radius 3 is 1.45 bits per heavy atom. The molecule has 6 heteroatoms. The highest BCUT2D eigenvalue weighted by Crippen LogP contribution is 2.04. The van der Waals surface area contributed by atoms with Crippen molar-refractivity contribution in [1.82, 2.24) is 10.6 Å². The normalized spacial score (nSPS) is 10.1. The first-order valence-corrected chi connectivity index (χ1v) is 7.54. The summed E-state index contributed by atoms with van der Waals surface area (Å²) in [7, 11) is 0. The number of carbonyl (C=O) groups is 2. The predicted octanol–water partition coefficient (Wildman–Crippen LogP) is 2.40. The highest BCUT2D eigenvalue weighted by molar-refractivity contribution is 6.18. The molecule has 2 N–H and O–H groups in total. The zero-order valence-corrected chi connectivity index (χ0v) is 12.6. The fourth-order valence-electron chi connectivity index (χ4n) is 1.51. The van der Waals surface area contributed by atoms with E-state index in [0.717, 1.165) is 12.8 Å². The van der Waals surface area contributed by atoms with E-state index in [1.165, 1.54) is 0 Å². The molecule has 0 unspecified atom stereocenters. The first kappa shape index (κ1) is 16.8.